The fourth-order valence-electron chi connectivity index (χ4n) is 1.73. The molecule has 20 heavy (non-hydrogen) atoms. The second kappa shape index (κ2) is 7.56. The summed E-state index contributed by atoms with van der Waals surface area (Å²) in [6.07, 6.45) is 0. The van der Waals surface area contributed by atoms with E-state index in [1.54, 1.807) is 6.92 Å². The van der Waals surface area contributed by atoms with E-state index in [1.807, 2.05) is 0 Å². The van der Waals surface area contributed by atoms with Crippen LogP contribution >= 0.6 is 0 Å². The van der Waals surface area contributed by atoms with Crippen LogP contribution in [0.4, 0.5) is 5.69 Å². The number of nitrogens with one attached hydrogen (secondary N) is 1. The Hall–Kier alpha value is -2.00. The van der Waals surface area contributed by atoms with Crippen molar-refractivity contribution in [2.24, 2.45) is 0 Å². The summed E-state index contributed by atoms with van der Waals surface area (Å²) in [5.41, 5.74) is 0.565. The highest BCUT2D eigenvalue weighted by atomic mass is 16.6. The minimum Gasteiger partial charge on any atom is -0.394 e. The molecule has 1 aromatic rings. The Balaban J connectivity index is 2.50. The molecule has 0 aliphatic heterocycles. The molecule has 2 N–H and O–H groups in total. The first-order valence-electron chi connectivity index (χ1n) is 6.11. The summed E-state index contributed by atoms with van der Waals surface area (Å²) in [5.74, 6) is -0.307. The zero-order chi connectivity index (χ0) is 15.1. The molecular weight excluding hydrogens is 268 g/mol. The van der Waals surface area contributed by atoms with Gasteiger partial charge >= 0.3 is 5.69 Å². The lowest BCUT2D eigenvalue weighted by Gasteiger charge is -2.06. The zero-order valence-corrected chi connectivity index (χ0v) is 11.5. The highest BCUT2D eigenvalue weighted by molar-refractivity contribution is 5.75. The van der Waals surface area contributed by atoms with Gasteiger partial charge in [-0.2, -0.15) is 5.10 Å². The number of aryl methyl sites for hydroxylation is 1. The SMILES string of the molecule is Cc1nn(CC(=O)NCCOCCO)c(C)c1[N+](=O)[O-]. The van der Waals surface area contributed by atoms with Crippen molar-refractivity contribution in [1.29, 1.82) is 0 Å². The van der Waals surface area contributed by atoms with Crippen molar-refractivity contribution in [3.63, 3.8) is 0 Å². The topological polar surface area (TPSA) is 120 Å². The van der Waals surface area contributed by atoms with Gasteiger partial charge in [-0.25, -0.2) is 0 Å². The summed E-state index contributed by atoms with van der Waals surface area (Å²) >= 11 is 0. The van der Waals surface area contributed by atoms with Crippen LogP contribution < -0.4 is 5.32 Å². The van der Waals surface area contributed by atoms with E-state index >= 15 is 0 Å². The first kappa shape index (κ1) is 16.1. The quantitative estimate of drug-likeness (QED) is 0.379. The van der Waals surface area contributed by atoms with Gasteiger partial charge in [0.2, 0.25) is 5.91 Å². The average Bonchev–Trinajstić information content (AvgIpc) is 2.64. The fourth-order valence-corrected chi connectivity index (χ4v) is 1.73. The maximum absolute atomic E-state index is 11.6. The normalized spacial score (nSPS) is 10.6. The van der Waals surface area contributed by atoms with Crippen LogP contribution in [0.1, 0.15) is 11.4 Å². The second-order valence-corrected chi connectivity index (χ2v) is 4.12. The summed E-state index contributed by atoms with van der Waals surface area (Å²) in [6, 6.07) is 0. The number of carbonyl (C=O) groups excluding carboxylic acids is 1. The van der Waals surface area contributed by atoms with Crippen molar-refractivity contribution in [3.8, 4) is 0 Å². The number of ether oxygens (including phenoxy) is 1. The van der Waals surface area contributed by atoms with Gasteiger partial charge in [0.1, 0.15) is 17.9 Å². The molecule has 1 amide bonds. The van der Waals surface area contributed by atoms with Crippen LogP contribution in [0, 0.1) is 24.0 Å². The van der Waals surface area contributed by atoms with Crippen LogP contribution in [0.2, 0.25) is 0 Å². The van der Waals surface area contributed by atoms with Crippen LogP contribution in [-0.4, -0.2) is 52.1 Å². The van der Waals surface area contributed by atoms with Gasteiger partial charge in [0.05, 0.1) is 24.7 Å². The van der Waals surface area contributed by atoms with E-state index in [-0.39, 0.29) is 37.0 Å². The minimum atomic E-state index is -0.505. The van der Waals surface area contributed by atoms with Gasteiger partial charge in [-0.05, 0) is 13.8 Å². The molecule has 1 aromatic heterocycles. The van der Waals surface area contributed by atoms with Gasteiger partial charge in [-0.1, -0.05) is 0 Å². The summed E-state index contributed by atoms with van der Waals surface area (Å²) < 4.78 is 6.29. The number of hydrogen-bond donors (Lipinski definition) is 2. The fraction of sp³-hybridized carbons (Fsp3) is 0.636. The Morgan fingerprint density at radius 1 is 1.50 bits per heavy atom. The largest absolute Gasteiger partial charge is 0.394 e. The van der Waals surface area contributed by atoms with Crippen molar-refractivity contribution >= 4 is 11.6 Å². The molecule has 0 unspecified atom stereocenters. The van der Waals surface area contributed by atoms with Crippen molar-refractivity contribution < 1.29 is 19.6 Å². The molecule has 1 rings (SSSR count). The Kier molecular flexibility index (Phi) is 6.07. The molecule has 0 aromatic carbocycles. The van der Waals surface area contributed by atoms with Gasteiger partial charge in [-0.3, -0.25) is 19.6 Å². The number of amides is 1. The van der Waals surface area contributed by atoms with Crippen molar-refractivity contribution in [3.05, 3.63) is 21.5 Å². The third kappa shape index (κ3) is 4.28. The van der Waals surface area contributed by atoms with Crippen LogP contribution in [-0.2, 0) is 16.1 Å². The Labute approximate surface area is 115 Å². The Morgan fingerprint density at radius 3 is 2.75 bits per heavy atom. The number of aromatic nitrogens is 2. The molecular formula is C11H18N4O5. The van der Waals surface area contributed by atoms with Crippen molar-refractivity contribution in [2.45, 2.75) is 20.4 Å². The molecule has 0 radical (unpaired) electrons. The van der Waals surface area contributed by atoms with Crippen molar-refractivity contribution in [1.82, 2.24) is 15.1 Å². The Morgan fingerprint density at radius 2 is 2.20 bits per heavy atom. The highest BCUT2D eigenvalue weighted by Crippen LogP contribution is 2.21. The molecule has 9 heteroatoms. The maximum atomic E-state index is 11.6. The number of aliphatic hydroxyl groups excluding tert-OH is 1. The van der Waals surface area contributed by atoms with Crippen LogP contribution in [0.3, 0.4) is 0 Å². The molecule has 0 saturated heterocycles. The molecule has 0 aliphatic rings. The number of carbonyl (C=O) groups is 1. The molecule has 0 saturated carbocycles. The van der Waals surface area contributed by atoms with E-state index in [4.69, 9.17) is 9.84 Å². The van der Waals surface area contributed by atoms with E-state index < -0.39 is 4.92 Å². The van der Waals surface area contributed by atoms with Gasteiger partial charge in [0.25, 0.3) is 0 Å². The second-order valence-electron chi connectivity index (χ2n) is 4.12. The number of rotatable bonds is 8. The van der Waals surface area contributed by atoms with Crippen LogP contribution in [0.25, 0.3) is 0 Å². The molecule has 9 nitrogen and oxygen atoms in total. The molecule has 112 valence electrons. The number of nitro groups is 1. The standard InChI is InChI=1S/C11H18N4O5/c1-8-11(15(18)19)9(2)14(13-8)7-10(17)12-3-5-20-6-4-16/h16H,3-7H2,1-2H3,(H,12,17). The molecule has 1 heterocycles. The molecule has 0 bridgehead atoms. The predicted molar refractivity (Wildman–Crippen MR) is 69.3 cm³/mol. The smallest absolute Gasteiger partial charge is 0.312 e. The lowest BCUT2D eigenvalue weighted by molar-refractivity contribution is -0.386. The first-order chi connectivity index (χ1) is 9.47. The predicted octanol–water partition coefficient (Wildman–Crippen LogP) is -0.467. The van der Waals surface area contributed by atoms with E-state index in [2.05, 4.69) is 10.4 Å². The minimum absolute atomic E-state index is 0.0657. The van der Waals surface area contributed by atoms with Crippen LogP contribution in [0.15, 0.2) is 0 Å². The molecule has 0 spiro atoms. The van der Waals surface area contributed by atoms with Gasteiger partial charge in [-0.15, -0.1) is 0 Å². The third-order valence-corrected chi connectivity index (χ3v) is 2.62. The van der Waals surface area contributed by atoms with Gasteiger partial charge in [0.15, 0.2) is 0 Å². The molecule has 0 aliphatic carbocycles. The maximum Gasteiger partial charge on any atom is 0.312 e. The Bertz CT molecular complexity index is 485. The number of hydrogen-bond acceptors (Lipinski definition) is 6. The average molecular weight is 286 g/mol. The zero-order valence-electron chi connectivity index (χ0n) is 11.5. The van der Waals surface area contributed by atoms with E-state index in [1.165, 1.54) is 11.6 Å². The van der Waals surface area contributed by atoms with Crippen molar-refractivity contribution in [2.75, 3.05) is 26.4 Å². The van der Waals surface area contributed by atoms with Gasteiger partial charge < -0.3 is 15.2 Å². The monoisotopic (exact) mass is 286 g/mol. The lowest BCUT2D eigenvalue weighted by Crippen LogP contribution is -2.31. The van der Waals surface area contributed by atoms with Gasteiger partial charge in [0, 0.05) is 6.54 Å². The lowest BCUT2D eigenvalue weighted by atomic mass is 10.3. The number of aliphatic hydroxyl groups is 1. The molecule has 0 atom stereocenters. The third-order valence-electron chi connectivity index (χ3n) is 2.62. The summed E-state index contributed by atoms with van der Waals surface area (Å²) in [7, 11) is 0. The highest BCUT2D eigenvalue weighted by Gasteiger charge is 2.22. The summed E-state index contributed by atoms with van der Waals surface area (Å²) in [4.78, 5) is 22.0. The van der Waals surface area contributed by atoms with E-state index in [0.29, 0.717) is 18.8 Å². The van der Waals surface area contributed by atoms with E-state index in [9.17, 15) is 14.9 Å². The number of nitrogens with zero attached hydrogens (tertiary/aromatic N) is 3. The first-order valence-corrected chi connectivity index (χ1v) is 6.11. The van der Waals surface area contributed by atoms with Crippen LogP contribution in [0.5, 0.6) is 0 Å². The summed E-state index contributed by atoms with van der Waals surface area (Å²) in [5, 5.41) is 25.9. The summed E-state index contributed by atoms with van der Waals surface area (Å²) in [6.45, 7) is 3.76. The molecule has 0 fully saturated rings. The van der Waals surface area contributed by atoms with E-state index in [0.717, 1.165) is 0 Å².